The van der Waals surface area contributed by atoms with Crippen LogP contribution >= 0.6 is 0 Å². The van der Waals surface area contributed by atoms with Gasteiger partial charge in [-0.3, -0.25) is 4.79 Å². The smallest absolute Gasteiger partial charge is 0.338 e. The molecule has 4 aliphatic carbocycles. The number of carbonyl (C=O) groups is 2. The first-order valence-corrected chi connectivity index (χ1v) is 16.8. The van der Waals surface area contributed by atoms with Gasteiger partial charge in [-0.15, -0.1) is 0 Å². The third-order valence-electron chi connectivity index (χ3n) is 12.8. The van der Waals surface area contributed by atoms with Crippen molar-refractivity contribution < 1.29 is 23.8 Å². The van der Waals surface area contributed by atoms with Gasteiger partial charge in [-0.2, -0.15) is 0 Å². The lowest BCUT2D eigenvalue weighted by Crippen LogP contribution is -2.60. The van der Waals surface area contributed by atoms with Crippen LogP contribution < -0.4 is 4.74 Å². The van der Waals surface area contributed by atoms with E-state index in [1.807, 2.05) is 30.3 Å². The molecule has 0 unspecified atom stereocenters. The largest absolute Gasteiger partial charge is 0.490 e. The molecule has 0 saturated heterocycles. The topological polar surface area (TPSA) is 61.8 Å². The van der Waals surface area contributed by atoms with Crippen molar-refractivity contribution in [3.63, 3.8) is 0 Å². The molecular weight excluding hydrogens is 536 g/mol. The third-order valence-corrected chi connectivity index (χ3v) is 12.8. The van der Waals surface area contributed by atoms with Gasteiger partial charge in [0.05, 0.1) is 12.7 Å². The minimum atomic E-state index is -0.189. The molecule has 2 aromatic carbocycles. The molecule has 0 spiro atoms. The average Bonchev–Trinajstić information content (AvgIpc) is 3.39. The minimum Gasteiger partial charge on any atom is -0.490 e. The molecule has 0 aromatic heterocycles. The van der Waals surface area contributed by atoms with Gasteiger partial charge in [0.25, 0.3) is 0 Å². The Morgan fingerprint density at radius 1 is 0.884 bits per heavy atom. The lowest BCUT2D eigenvalue weighted by Gasteiger charge is -2.63. The molecule has 10 atom stereocenters. The van der Waals surface area contributed by atoms with Crippen molar-refractivity contribution in [2.24, 2.45) is 46.3 Å². The van der Waals surface area contributed by atoms with E-state index in [1.54, 1.807) is 0 Å². The highest BCUT2D eigenvalue weighted by Crippen LogP contribution is 2.69. The van der Waals surface area contributed by atoms with Crippen molar-refractivity contribution in [2.45, 2.75) is 97.2 Å². The van der Waals surface area contributed by atoms with E-state index >= 15 is 0 Å². The Hall–Kier alpha value is -2.82. The summed E-state index contributed by atoms with van der Waals surface area (Å²) in [4.78, 5) is 24.9. The molecule has 5 nitrogen and oxygen atoms in total. The fraction of sp³-hybridized carbons (Fsp3) is 0.632. The number of fused-ring (bicyclic) bond motifs is 5. The van der Waals surface area contributed by atoms with Gasteiger partial charge in [0.2, 0.25) is 0 Å². The van der Waals surface area contributed by atoms with Crippen LogP contribution in [-0.2, 0) is 14.3 Å². The fourth-order valence-corrected chi connectivity index (χ4v) is 10.5. The number of ether oxygens (including phenoxy) is 3. The number of para-hydroxylation sites is 1. The number of benzene rings is 2. The first kappa shape index (κ1) is 30.2. The van der Waals surface area contributed by atoms with Gasteiger partial charge in [0, 0.05) is 11.8 Å². The first-order valence-electron chi connectivity index (χ1n) is 16.8. The quantitative estimate of drug-likeness (QED) is 0.290. The Morgan fingerprint density at radius 2 is 1.60 bits per heavy atom. The third kappa shape index (κ3) is 5.62. The highest BCUT2D eigenvalue weighted by atomic mass is 16.5. The van der Waals surface area contributed by atoms with Crippen molar-refractivity contribution in [3.8, 4) is 5.75 Å². The number of hydrogen-bond donors (Lipinski definition) is 0. The SMILES string of the molecule is COC(=O)CC[C@H](C)[C@@H]1CC[C@@H]2[C@@H]3CC[C@@H]4C[C@H](OC(=O)c5ccccc5)CC[C@]4(C)[C@H]3C[C@H](Oc3ccccc3)[C@@]21C. The van der Waals surface area contributed by atoms with E-state index in [2.05, 4.69) is 51.1 Å². The van der Waals surface area contributed by atoms with E-state index in [0.29, 0.717) is 47.5 Å². The number of hydrogen-bond acceptors (Lipinski definition) is 5. The molecule has 4 aliphatic rings. The average molecular weight is 587 g/mol. The van der Waals surface area contributed by atoms with E-state index in [1.165, 1.54) is 32.8 Å². The number of esters is 2. The van der Waals surface area contributed by atoms with Gasteiger partial charge in [0.15, 0.2) is 0 Å². The highest BCUT2D eigenvalue weighted by Gasteiger charge is 2.65. The normalized spacial score (nSPS) is 37.3. The Balaban J connectivity index is 1.23. The molecular formula is C38H50O5. The molecule has 232 valence electrons. The van der Waals surface area contributed by atoms with Crippen LogP contribution in [0.15, 0.2) is 60.7 Å². The first-order chi connectivity index (χ1) is 20.7. The molecule has 5 heteroatoms. The summed E-state index contributed by atoms with van der Waals surface area (Å²) in [6.45, 7) is 7.43. The summed E-state index contributed by atoms with van der Waals surface area (Å²) in [6.07, 6.45) is 10.5. The Kier molecular flexibility index (Phi) is 8.63. The zero-order valence-electron chi connectivity index (χ0n) is 26.5. The van der Waals surface area contributed by atoms with Crippen LogP contribution in [0.4, 0.5) is 0 Å². The predicted molar refractivity (Wildman–Crippen MR) is 168 cm³/mol. The molecule has 0 aliphatic heterocycles. The zero-order valence-corrected chi connectivity index (χ0v) is 26.5. The monoisotopic (exact) mass is 586 g/mol. The van der Waals surface area contributed by atoms with Gasteiger partial charge in [-0.1, -0.05) is 57.2 Å². The summed E-state index contributed by atoms with van der Waals surface area (Å²) in [5.74, 6) is 4.12. The molecule has 4 saturated carbocycles. The van der Waals surface area contributed by atoms with Crippen molar-refractivity contribution in [3.05, 3.63) is 66.2 Å². The Labute approximate surface area is 258 Å². The molecule has 2 aromatic rings. The Morgan fingerprint density at radius 3 is 2.33 bits per heavy atom. The maximum atomic E-state index is 12.9. The number of rotatable bonds is 8. The summed E-state index contributed by atoms with van der Waals surface area (Å²) < 4.78 is 18.1. The summed E-state index contributed by atoms with van der Waals surface area (Å²) in [5, 5.41) is 0. The maximum Gasteiger partial charge on any atom is 0.338 e. The van der Waals surface area contributed by atoms with Crippen molar-refractivity contribution in [1.82, 2.24) is 0 Å². The summed E-state index contributed by atoms with van der Waals surface area (Å²) in [7, 11) is 1.49. The molecule has 43 heavy (non-hydrogen) atoms. The van der Waals surface area contributed by atoms with Crippen molar-refractivity contribution >= 4 is 11.9 Å². The lowest BCUT2D eigenvalue weighted by atomic mass is 9.43. The van der Waals surface area contributed by atoms with Crippen LogP contribution in [-0.4, -0.2) is 31.3 Å². The second-order valence-electron chi connectivity index (χ2n) is 14.6. The van der Waals surface area contributed by atoms with Crippen LogP contribution in [0.3, 0.4) is 0 Å². The lowest BCUT2D eigenvalue weighted by molar-refractivity contribution is -0.168. The minimum absolute atomic E-state index is 0.000857. The van der Waals surface area contributed by atoms with E-state index < -0.39 is 0 Å². The van der Waals surface area contributed by atoms with Crippen LogP contribution in [0.5, 0.6) is 5.75 Å². The molecule has 0 amide bonds. The van der Waals surface area contributed by atoms with E-state index in [9.17, 15) is 9.59 Å². The van der Waals surface area contributed by atoms with Gasteiger partial charge in [0.1, 0.15) is 18.0 Å². The van der Waals surface area contributed by atoms with Gasteiger partial charge in [-0.25, -0.2) is 4.79 Å². The summed E-state index contributed by atoms with van der Waals surface area (Å²) in [5.41, 5.74) is 0.939. The molecule has 0 heterocycles. The van der Waals surface area contributed by atoms with Crippen molar-refractivity contribution in [1.29, 1.82) is 0 Å². The summed E-state index contributed by atoms with van der Waals surface area (Å²) in [6, 6.07) is 19.8. The second-order valence-corrected chi connectivity index (χ2v) is 14.6. The number of carbonyl (C=O) groups excluding carboxylic acids is 2. The molecule has 0 bridgehead atoms. The van der Waals surface area contributed by atoms with Crippen LogP contribution in [0.25, 0.3) is 0 Å². The van der Waals surface area contributed by atoms with Gasteiger partial charge >= 0.3 is 11.9 Å². The second kappa shape index (κ2) is 12.3. The highest BCUT2D eigenvalue weighted by molar-refractivity contribution is 5.89. The van der Waals surface area contributed by atoms with Crippen LogP contribution in [0.1, 0.15) is 95.3 Å². The number of methoxy groups -OCH3 is 1. The fourth-order valence-electron chi connectivity index (χ4n) is 10.5. The molecule has 4 fully saturated rings. The van der Waals surface area contributed by atoms with E-state index in [-0.39, 0.29) is 35.0 Å². The van der Waals surface area contributed by atoms with Gasteiger partial charge in [-0.05, 0) is 123 Å². The van der Waals surface area contributed by atoms with E-state index in [4.69, 9.17) is 14.2 Å². The van der Waals surface area contributed by atoms with Crippen LogP contribution in [0, 0.1) is 46.3 Å². The standard InChI is InChI=1S/C38H50O5/c1-25(15-20-35(39)41-4)31-18-19-32-30-17-16-27-23-29(43-36(40)26-11-7-5-8-12-26)21-22-37(27,2)33(30)24-34(38(31,32)3)42-28-13-9-6-10-14-28/h5-14,25,27,29-34H,15-24H2,1-4H3/t25-,27+,29+,30-,31-,32+,33-,34-,37-,38+/m0/s1. The molecule has 6 rings (SSSR count). The van der Waals surface area contributed by atoms with Crippen molar-refractivity contribution in [2.75, 3.05) is 7.11 Å². The zero-order chi connectivity index (χ0) is 30.2. The predicted octanol–water partition coefficient (Wildman–Crippen LogP) is 8.52. The maximum absolute atomic E-state index is 12.9. The van der Waals surface area contributed by atoms with Gasteiger partial charge < -0.3 is 14.2 Å². The van der Waals surface area contributed by atoms with Crippen LogP contribution in [0.2, 0.25) is 0 Å². The van der Waals surface area contributed by atoms with E-state index in [0.717, 1.165) is 37.9 Å². The summed E-state index contributed by atoms with van der Waals surface area (Å²) >= 11 is 0. The molecule has 0 radical (unpaired) electrons. The Bertz CT molecular complexity index is 1260. The molecule has 0 N–H and O–H groups in total.